The summed E-state index contributed by atoms with van der Waals surface area (Å²) in [6.45, 7) is 5.43. The van der Waals surface area contributed by atoms with Crippen molar-refractivity contribution in [2.75, 3.05) is 6.54 Å². The van der Waals surface area contributed by atoms with E-state index in [0.717, 1.165) is 16.7 Å². The van der Waals surface area contributed by atoms with Crippen molar-refractivity contribution in [1.29, 1.82) is 0 Å². The van der Waals surface area contributed by atoms with Crippen molar-refractivity contribution in [2.45, 2.75) is 13.1 Å². The number of hydrogen-bond donors (Lipinski definition) is 1. The molecule has 0 atom stereocenters. The SMILES string of the molecule is C=Cc1ccccc1CN(CC(N)=O)Cc1ccccc1. The summed E-state index contributed by atoms with van der Waals surface area (Å²) < 4.78 is 0. The normalized spacial score (nSPS) is 10.5. The molecule has 0 bridgehead atoms. The van der Waals surface area contributed by atoms with Crippen LogP contribution in [0.1, 0.15) is 16.7 Å². The highest BCUT2D eigenvalue weighted by Crippen LogP contribution is 2.15. The van der Waals surface area contributed by atoms with Crippen LogP contribution in [0.25, 0.3) is 6.08 Å². The molecule has 0 spiro atoms. The van der Waals surface area contributed by atoms with Gasteiger partial charge in [-0.1, -0.05) is 67.3 Å². The molecule has 0 aliphatic carbocycles. The molecule has 2 aromatic carbocycles. The van der Waals surface area contributed by atoms with Gasteiger partial charge < -0.3 is 5.73 Å². The summed E-state index contributed by atoms with van der Waals surface area (Å²) in [5, 5.41) is 0. The third kappa shape index (κ3) is 4.58. The summed E-state index contributed by atoms with van der Waals surface area (Å²) in [5.74, 6) is -0.318. The van der Waals surface area contributed by atoms with E-state index in [1.54, 1.807) is 0 Å². The zero-order chi connectivity index (χ0) is 15.1. The van der Waals surface area contributed by atoms with Gasteiger partial charge in [-0.05, 0) is 16.7 Å². The van der Waals surface area contributed by atoms with E-state index in [0.29, 0.717) is 13.1 Å². The van der Waals surface area contributed by atoms with Gasteiger partial charge in [0, 0.05) is 13.1 Å². The molecule has 0 aliphatic heterocycles. The maximum Gasteiger partial charge on any atom is 0.231 e. The molecular formula is C18H20N2O. The molecule has 0 radical (unpaired) electrons. The Morgan fingerprint density at radius 1 is 1.05 bits per heavy atom. The number of carbonyl (C=O) groups is 1. The van der Waals surface area contributed by atoms with Crippen molar-refractivity contribution < 1.29 is 4.79 Å². The van der Waals surface area contributed by atoms with Crippen LogP contribution in [0.15, 0.2) is 61.2 Å². The van der Waals surface area contributed by atoms with Crippen molar-refractivity contribution in [2.24, 2.45) is 5.73 Å². The molecule has 0 aromatic heterocycles. The lowest BCUT2D eigenvalue weighted by Crippen LogP contribution is -2.33. The Bertz CT molecular complexity index is 608. The van der Waals surface area contributed by atoms with Gasteiger partial charge in [0.2, 0.25) is 5.91 Å². The second-order valence-electron chi connectivity index (χ2n) is 5.00. The quantitative estimate of drug-likeness (QED) is 0.847. The Labute approximate surface area is 125 Å². The first-order chi connectivity index (χ1) is 10.2. The van der Waals surface area contributed by atoms with Crippen LogP contribution in [-0.4, -0.2) is 17.4 Å². The van der Waals surface area contributed by atoms with Crippen molar-refractivity contribution in [3.63, 3.8) is 0 Å². The first kappa shape index (κ1) is 15.0. The molecular weight excluding hydrogens is 260 g/mol. The largest absolute Gasteiger partial charge is 0.369 e. The lowest BCUT2D eigenvalue weighted by Gasteiger charge is -2.22. The zero-order valence-corrected chi connectivity index (χ0v) is 12.0. The van der Waals surface area contributed by atoms with Gasteiger partial charge in [0.25, 0.3) is 0 Å². The van der Waals surface area contributed by atoms with E-state index in [1.807, 2.05) is 59.5 Å². The summed E-state index contributed by atoms with van der Waals surface area (Å²) in [4.78, 5) is 13.3. The van der Waals surface area contributed by atoms with Crippen molar-refractivity contribution in [3.05, 3.63) is 77.9 Å². The maximum absolute atomic E-state index is 11.3. The van der Waals surface area contributed by atoms with Crippen molar-refractivity contribution >= 4 is 12.0 Å². The molecule has 2 aromatic rings. The van der Waals surface area contributed by atoms with E-state index in [2.05, 4.69) is 12.6 Å². The van der Waals surface area contributed by atoms with Gasteiger partial charge in [0.15, 0.2) is 0 Å². The highest BCUT2D eigenvalue weighted by molar-refractivity contribution is 5.75. The third-order valence-electron chi connectivity index (χ3n) is 3.30. The summed E-state index contributed by atoms with van der Waals surface area (Å²) in [7, 11) is 0. The summed E-state index contributed by atoms with van der Waals surface area (Å²) in [6.07, 6.45) is 1.83. The lowest BCUT2D eigenvalue weighted by atomic mass is 10.1. The number of primary amides is 1. The van der Waals surface area contributed by atoms with Crippen LogP contribution in [0.2, 0.25) is 0 Å². The van der Waals surface area contributed by atoms with E-state index in [9.17, 15) is 4.79 Å². The van der Waals surface area contributed by atoms with Crippen LogP contribution in [0.3, 0.4) is 0 Å². The number of nitrogens with zero attached hydrogens (tertiary/aromatic N) is 1. The highest BCUT2D eigenvalue weighted by atomic mass is 16.1. The number of amides is 1. The van der Waals surface area contributed by atoms with Crippen LogP contribution in [0.5, 0.6) is 0 Å². The van der Waals surface area contributed by atoms with Crippen LogP contribution >= 0.6 is 0 Å². The molecule has 0 heterocycles. The van der Waals surface area contributed by atoms with Gasteiger partial charge in [-0.15, -0.1) is 0 Å². The van der Waals surface area contributed by atoms with Crippen LogP contribution in [0.4, 0.5) is 0 Å². The second kappa shape index (κ2) is 7.41. The predicted molar refractivity (Wildman–Crippen MR) is 86.3 cm³/mol. The molecule has 108 valence electrons. The summed E-state index contributed by atoms with van der Waals surface area (Å²) in [5.41, 5.74) is 8.76. The van der Waals surface area contributed by atoms with Gasteiger partial charge >= 0.3 is 0 Å². The fourth-order valence-electron chi connectivity index (χ4n) is 2.35. The fourth-order valence-corrected chi connectivity index (χ4v) is 2.35. The van der Waals surface area contributed by atoms with Crippen LogP contribution in [-0.2, 0) is 17.9 Å². The van der Waals surface area contributed by atoms with E-state index in [1.165, 1.54) is 0 Å². The minimum atomic E-state index is -0.318. The van der Waals surface area contributed by atoms with Gasteiger partial charge in [-0.2, -0.15) is 0 Å². The number of rotatable bonds is 7. The van der Waals surface area contributed by atoms with Gasteiger partial charge in [0.1, 0.15) is 0 Å². The molecule has 3 heteroatoms. The highest BCUT2D eigenvalue weighted by Gasteiger charge is 2.11. The summed E-state index contributed by atoms with van der Waals surface area (Å²) >= 11 is 0. The Hall–Kier alpha value is -2.39. The topological polar surface area (TPSA) is 46.3 Å². The molecule has 2 N–H and O–H groups in total. The van der Waals surface area contributed by atoms with Gasteiger partial charge in [-0.25, -0.2) is 0 Å². The number of benzene rings is 2. The fraction of sp³-hybridized carbons (Fsp3) is 0.167. The van der Waals surface area contributed by atoms with E-state index in [-0.39, 0.29) is 12.5 Å². The van der Waals surface area contributed by atoms with Gasteiger partial charge in [-0.3, -0.25) is 9.69 Å². The van der Waals surface area contributed by atoms with Crippen LogP contribution in [0, 0.1) is 0 Å². The number of nitrogens with two attached hydrogens (primary N) is 1. The molecule has 21 heavy (non-hydrogen) atoms. The molecule has 0 unspecified atom stereocenters. The maximum atomic E-state index is 11.3. The standard InChI is InChI=1S/C18H20N2O/c1-2-16-10-6-7-11-17(16)13-20(14-18(19)21)12-15-8-4-3-5-9-15/h2-11H,1,12-14H2,(H2,19,21). The number of hydrogen-bond acceptors (Lipinski definition) is 2. The average molecular weight is 280 g/mol. The molecule has 1 amide bonds. The first-order valence-electron chi connectivity index (χ1n) is 6.94. The molecule has 3 nitrogen and oxygen atoms in total. The van der Waals surface area contributed by atoms with E-state index >= 15 is 0 Å². The smallest absolute Gasteiger partial charge is 0.231 e. The minimum Gasteiger partial charge on any atom is -0.369 e. The average Bonchev–Trinajstić information content (AvgIpc) is 2.48. The summed E-state index contributed by atoms with van der Waals surface area (Å²) in [6, 6.07) is 18.1. The molecule has 2 rings (SSSR count). The number of carbonyl (C=O) groups excluding carboxylic acids is 1. The van der Waals surface area contributed by atoms with E-state index in [4.69, 9.17) is 5.73 Å². The molecule has 0 aliphatic rings. The Morgan fingerprint density at radius 3 is 2.38 bits per heavy atom. The minimum absolute atomic E-state index is 0.236. The second-order valence-corrected chi connectivity index (χ2v) is 5.00. The monoisotopic (exact) mass is 280 g/mol. The Morgan fingerprint density at radius 2 is 1.71 bits per heavy atom. The van der Waals surface area contributed by atoms with E-state index < -0.39 is 0 Å². The molecule has 0 fully saturated rings. The van der Waals surface area contributed by atoms with Crippen LogP contribution < -0.4 is 5.73 Å². The van der Waals surface area contributed by atoms with Gasteiger partial charge in [0.05, 0.1) is 6.54 Å². The zero-order valence-electron chi connectivity index (χ0n) is 12.0. The lowest BCUT2D eigenvalue weighted by molar-refractivity contribution is -0.119. The van der Waals surface area contributed by atoms with Crippen molar-refractivity contribution in [1.82, 2.24) is 4.90 Å². The van der Waals surface area contributed by atoms with Crippen molar-refractivity contribution in [3.8, 4) is 0 Å². The molecule has 0 saturated heterocycles. The third-order valence-corrected chi connectivity index (χ3v) is 3.30. The Kier molecular flexibility index (Phi) is 5.29. The Balaban J connectivity index is 2.16. The first-order valence-corrected chi connectivity index (χ1v) is 6.94. The molecule has 0 saturated carbocycles. The predicted octanol–water partition coefficient (Wildman–Crippen LogP) is 2.82.